The molecule has 1 aromatic rings. The van der Waals surface area contributed by atoms with Crippen LogP contribution in [0.1, 0.15) is 6.92 Å². The molecule has 2 rings (SSSR count). The molecule has 0 saturated heterocycles. The number of carbonyl (C=O) groups is 1. The minimum Gasteiger partial charge on any atom is -0.467 e. The van der Waals surface area contributed by atoms with E-state index >= 15 is 0 Å². The van der Waals surface area contributed by atoms with Crippen molar-refractivity contribution in [3.8, 4) is 0 Å². The zero-order valence-corrected chi connectivity index (χ0v) is 10.8. The van der Waals surface area contributed by atoms with Crippen molar-refractivity contribution in [3.63, 3.8) is 0 Å². The van der Waals surface area contributed by atoms with Crippen LogP contribution in [0.25, 0.3) is 0 Å². The average Bonchev–Trinajstić information content (AvgIpc) is 2.36. The van der Waals surface area contributed by atoms with E-state index in [0.29, 0.717) is 5.69 Å². The Balaban J connectivity index is 2.33. The number of benzene rings is 1. The fraction of sp³-hybridized carbons (Fsp3) is 0.417. The molecule has 0 bridgehead atoms. The van der Waals surface area contributed by atoms with Crippen LogP contribution in [0.2, 0.25) is 0 Å². The molecule has 0 fully saturated rings. The summed E-state index contributed by atoms with van der Waals surface area (Å²) < 4.78 is 4.79. The molecule has 0 radical (unpaired) electrons. The second-order valence-electron chi connectivity index (χ2n) is 3.97. The number of nitrogens with two attached hydrogens (primary N) is 1. The largest absolute Gasteiger partial charge is 0.467 e. The molecule has 17 heavy (non-hydrogen) atoms. The number of anilines is 2. The Morgan fingerprint density at radius 2 is 2.35 bits per heavy atom. The maximum atomic E-state index is 11.6. The lowest BCUT2D eigenvalue weighted by molar-refractivity contribution is -0.141. The molecule has 1 aliphatic rings. The molecular weight excluding hydrogens is 236 g/mol. The van der Waals surface area contributed by atoms with E-state index in [1.165, 1.54) is 12.0 Å². The van der Waals surface area contributed by atoms with Gasteiger partial charge in [-0.2, -0.15) is 0 Å². The van der Waals surface area contributed by atoms with Gasteiger partial charge in [-0.1, -0.05) is 0 Å². The highest BCUT2D eigenvalue weighted by Crippen LogP contribution is 2.37. The summed E-state index contributed by atoms with van der Waals surface area (Å²) in [7, 11) is 1.41. The molecule has 1 aliphatic heterocycles. The molecule has 92 valence electrons. The molecule has 0 spiro atoms. The number of hydrogen-bond acceptors (Lipinski definition) is 5. The van der Waals surface area contributed by atoms with Crippen molar-refractivity contribution in [3.05, 3.63) is 18.2 Å². The van der Waals surface area contributed by atoms with Crippen LogP contribution in [0.4, 0.5) is 11.4 Å². The third kappa shape index (κ3) is 2.34. The Bertz CT molecular complexity index is 437. The molecule has 0 aromatic heterocycles. The number of nitrogen functional groups attached to an aromatic ring is 1. The van der Waals surface area contributed by atoms with Gasteiger partial charge in [0.2, 0.25) is 0 Å². The number of hydrogen-bond donors (Lipinski definition) is 1. The van der Waals surface area contributed by atoms with Crippen LogP contribution in [-0.4, -0.2) is 31.4 Å². The maximum absolute atomic E-state index is 11.6. The Hall–Kier alpha value is -1.36. The van der Waals surface area contributed by atoms with Crippen LogP contribution in [0.5, 0.6) is 0 Å². The summed E-state index contributed by atoms with van der Waals surface area (Å²) in [4.78, 5) is 14.8. The highest BCUT2D eigenvalue weighted by atomic mass is 32.2. The predicted molar refractivity (Wildman–Crippen MR) is 70.4 cm³/mol. The summed E-state index contributed by atoms with van der Waals surface area (Å²) in [6.07, 6.45) is 0. The molecule has 0 aliphatic carbocycles. The Labute approximate surface area is 105 Å². The smallest absolute Gasteiger partial charge is 0.328 e. The van der Waals surface area contributed by atoms with Gasteiger partial charge in [-0.25, -0.2) is 4.79 Å². The summed E-state index contributed by atoms with van der Waals surface area (Å²) in [5.74, 6) is 0.753. The van der Waals surface area contributed by atoms with Gasteiger partial charge in [-0.3, -0.25) is 0 Å². The minimum atomic E-state index is -0.276. The van der Waals surface area contributed by atoms with Gasteiger partial charge in [-0.15, -0.1) is 11.8 Å². The summed E-state index contributed by atoms with van der Waals surface area (Å²) in [6.45, 7) is 2.69. The van der Waals surface area contributed by atoms with Crippen molar-refractivity contribution >= 4 is 29.1 Å². The zero-order valence-electron chi connectivity index (χ0n) is 9.97. The number of ether oxygens (including phenoxy) is 1. The lowest BCUT2D eigenvalue weighted by Crippen LogP contribution is -2.42. The van der Waals surface area contributed by atoms with E-state index in [1.54, 1.807) is 11.8 Å². The Morgan fingerprint density at radius 3 is 3.06 bits per heavy atom. The number of rotatable bonds is 2. The first-order valence-corrected chi connectivity index (χ1v) is 6.49. The van der Waals surface area contributed by atoms with Gasteiger partial charge in [0.25, 0.3) is 0 Å². The minimum absolute atomic E-state index is 0.217. The molecule has 5 heteroatoms. The first kappa shape index (κ1) is 12.1. The number of nitrogens with zero attached hydrogens (tertiary/aromatic N) is 1. The van der Waals surface area contributed by atoms with Crippen LogP contribution in [-0.2, 0) is 9.53 Å². The van der Waals surface area contributed by atoms with E-state index in [0.717, 1.165) is 18.0 Å². The van der Waals surface area contributed by atoms with E-state index in [2.05, 4.69) is 0 Å². The summed E-state index contributed by atoms with van der Waals surface area (Å²) in [5.41, 5.74) is 7.54. The van der Waals surface area contributed by atoms with Crippen LogP contribution in [0.3, 0.4) is 0 Å². The van der Waals surface area contributed by atoms with Crippen LogP contribution < -0.4 is 10.6 Å². The topological polar surface area (TPSA) is 55.6 Å². The SMILES string of the molecule is COC(=O)C(C)N1CCSc2ccc(N)cc21. The first-order valence-electron chi connectivity index (χ1n) is 5.50. The lowest BCUT2D eigenvalue weighted by atomic mass is 10.2. The third-order valence-electron chi connectivity index (χ3n) is 2.89. The van der Waals surface area contributed by atoms with E-state index in [-0.39, 0.29) is 12.0 Å². The zero-order chi connectivity index (χ0) is 12.4. The van der Waals surface area contributed by atoms with E-state index in [1.807, 2.05) is 30.0 Å². The number of carbonyl (C=O) groups excluding carboxylic acids is 1. The molecule has 1 unspecified atom stereocenters. The summed E-state index contributed by atoms with van der Waals surface area (Å²) in [6, 6.07) is 5.53. The highest BCUT2D eigenvalue weighted by molar-refractivity contribution is 7.99. The second-order valence-corrected chi connectivity index (χ2v) is 5.10. The molecule has 1 aromatic carbocycles. The molecule has 1 heterocycles. The van der Waals surface area contributed by atoms with Crippen molar-refractivity contribution in [2.24, 2.45) is 0 Å². The number of fused-ring (bicyclic) bond motifs is 1. The van der Waals surface area contributed by atoms with Gasteiger partial charge in [-0.05, 0) is 25.1 Å². The molecule has 0 saturated carbocycles. The van der Waals surface area contributed by atoms with Crippen LogP contribution in [0.15, 0.2) is 23.1 Å². The molecule has 2 N–H and O–H groups in total. The van der Waals surface area contributed by atoms with Crippen molar-refractivity contribution in [2.45, 2.75) is 17.9 Å². The van der Waals surface area contributed by atoms with Crippen molar-refractivity contribution in [1.82, 2.24) is 0 Å². The first-order chi connectivity index (χ1) is 8.13. The van der Waals surface area contributed by atoms with Gasteiger partial charge in [0, 0.05) is 22.9 Å². The number of esters is 1. The van der Waals surface area contributed by atoms with Gasteiger partial charge in [0.05, 0.1) is 12.8 Å². The fourth-order valence-corrected chi connectivity index (χ4v) is 2.95. The molecular formula is C12H16N2O2S. The number of thioether (sulfide) groups is 1. The quantitative estimate of drug-likeness (QED) is 0.642. The summed E-state index contributed by atoms with van der Waals surface area (Å²) >= 11 is 1.79. The van der Waals surface area contributed by atoms with Crippen LogP contribution >= 0.6 is 11.8 Å². The van der Waals surface area contributed by atoms with E-state index < -0.39 is 0 Å². The Morgan fingerprint density at radius 1 is 1.59 bits per heavy atom. The fourth-order valence-electron chi connectivity index (χ4n) is 1.96. The van der Waals surface area contributed by atoms with E-state index in [9.17, 15) is 4.79 Å². The van der Waals surface area contributed by atoms with E-state index in [4.69, 9.17) is 10.5 Å². The van der Waals surface area contributed by atoms with Gasteiger partial charge in [0.15, 0.2) is 0 Å². The van der Waals surface area contributed by atoms with Crippen LogP contribution in [0, 0.1) is 0 Å². The highest BCUT2D eigenvalue weighted by Gasteiger charge is 2.26. The van der Waals surface area contributed by atoms with Gasteiger partial charge < -0.3 is 15.4 Å². The van der Waals surface area contributed by atoms with Gasteiger partial charge >= 0.3 is 5.97 Å². The molecule has 4 nitrogen and oxygen atoms in total. The monoisotopic (exact) mass is 252 g/mol. The normalized spacial score (nSPS) is 16.2. The van der Waals surface area contributed by atoms with Crippen molar-refractivity contribution in [1.29, 1.82) is 0 Å². The molecule has 1 atom stereocenters. The number of methoxy groups -OCH3 is 1. The lowest BCUT2D eigenvalue weighted by Gasteiger charge is -2.34. The second kappa shape index (κ2) is 4.87. The van der Waals surface area contributed by atoms with Crippen molar-refractivity contribution in [2.75, 3.05) is 30.0 Å². The van der Waals surface area contributed by atoms with Crippen molar-refractivity contribution < 1.29 is 9.53 Å². The summed E-state index contributed by atoms with van der Waals surface area (Å²) in [5, 5.41) is 0. The molecule has 0 amide bonds. The third-order valence-corrected chi connectivity index (χ3v) is 3.93. The average molecular weight is 252 g/mol. The Kier molecular flexibility index (Phi) is 3.47. The predicted octanol–water partition coefficient (Wildman–Crippen LogP) is 1.74. The maximum Gasteiger partial charge on any atom is 0.328 e. The van der Waals surface area contributed by atoms with Gasteiger partial charge in [0.1, 0.15) is 6.04 Å². The standard InChI is InChI=1S/C12H16N2O2S/c1-8(12(15)16-2)14-5-6-17-11-4-3-9(13)7-10(11)14/h3-4,7-8H,5-6,13H2,1-2H3.